The van der Waals surface area contributed by atoms with E-state index in [4.69, 9.17) is 0 Å². The molecule has 1 amide bonds. The van der Waals surface area contributed by atoms with E-state index in [0.717, 1.165) is 44.8 Å². The summed E-state index contributed by atoms with van der Waals surface area (Å²) in [4.78, 5) is 38.9. The second kappa shape index (κ2) is 7.93. The summed E-state index contributed by atoms with van der Waals surface area (Å²) in [6.07, 6.45) is 6.79. The Kier molecular flexibility index (Phi) is 5.39. The van der Waals surface area contributed by atoms with Gasteiger partial charge in [-0.2, -0.15) is 0 Å². The summed E-state index contributed by atoms with van der Waals surface area (Å²) < 4.78 is 0. The molecule has 5 heteroatoms. The smallest absolute Gasteiger partial charge is 0.241 e. The van der Waals surface area contributed by atoms with E-state index in [0.29, 0.717) is 25.4 Å². The van der Waals surface area contributed by atoms with Crippen molar-refractivity contribution < 1.29 is 14.4 Å². The summed E-state index contributed by atoms with van der Waals surface area (Å²) in [5, 5.41) is 3.23. The van der Waals surface area contributed by atoms with Crippen LogP contribution in [-0.2, 0) is 27.2 Å². The first-order valence-electron chi connectivity index (χ1n) is 10.3. The second-order valence-electron chi connectivity index (χ2n) is 8.25. The van der Waals surface area contributed by atoms with Gasteiger partial charge in [0.15, 0.2) is 0 Å². The van der Waals surface area contributed by atoms with Gasteiger partial charge in [-0.3, -0.25) is 9.59 Å². The van der Waals surface area contributed by atoms with Crippen LogP contribution >= 0.6 is 0 Å². The molecule has 0 saturated carbocycles. The van der Waals surface area contributed by atoms with E-state index >= 15 is 0 Å². The number of aryl methyl sites for hydroxylation is 1. The Balaban J connectivity index is 1.39. The lowest BCUT2D eigenvalue weighted by atomic mass is 9.79. The molecule has 144 valence electrons. The predicted molar refractivity (Wildman–Crippen MR) is 102 cm³/mol. The van der Waals surface area contributed by atoms with Crippen LogP contribution in [0, 0.1) is 11.8 Å². The van der Waals surface area contributed by atoms with Gasteiger partial charge in [0.2, 0.25) is 5.91 Å². The van der Waals surface area contributed by atoms with Gasteiger partial charge in [-0.1, -0.05) is 24.3 Å². The van der Waals surface area contributed by atoms with Gasteiger partial charge in [0, 0.05) is 18.9 Å². The van der Waals surface area contributed by atoms with Crippen molar-refractivity contribution in [2.24, 2.45) is 11.8 Å². The SMILES string of the molecule is O=C[C@@H]1CCCN1C(=O)[C@H]1NCCC1C(=O)C[C@H]1CCc2ccccc2C1. The topological polar surface area (TPSA) is 66.5 Å². The van der Waals surface area contributed by atoms with Gasteiger partial charge in [0.25, 0.3) is 0 Å². The van der Waals surface area contributed by atoms with Gasteiger partial charge in [-0.15, -0.1) is 0 Å². The number of benzene rings is 1. The van der Waals surface area contributed by atoms with Gasteiger partial charge >= 0.3 is 0 Å². The largest absolute Gasteiger partial charge is 0.332 e. The van der Waals surface area contributed by atoms with E-state index in [1.807, 2.05) is 0 Å². The van der Waals surface area contributed by atoms with Gasteiger partial charge in [0.05, 0.1) is 12.1 Å². The zero-order valence-electron chi connectivity index (χ0n) is 15.7. The molecule has 2 heterocycles. The number of fused-ring (bicyclic) bond motifs is 1. The maximum Gasteiger partial charge on any atom is 0.241 e. The number of aldehydes is 1. The van der Waals surface area contributed by atoms with Crippen molar-refractivity contribution in [3.63, 3.8) is 0 Å². The first-order valence-corrected chi connectivity index (χ1v) is 10.3. The van der Waals surface area contributed by atoms with Crippen LogP contribution in [0.2, 0.25) is 0 Å². The molecule has 0 aromatic heterocycles. The molecule has 1 aromatic rings. The first kappa shape index (κ1) is 18.4. The lowest BCUT2D eigenvalue weighted by Gasteiger charge is -2.28. The Bertz CT molecular complexity index is 732. The van der Waals surface area contributed by atoms with Crippen molar-refractivity contribution >= 4 is 18.0 Å². The number of ketones is 1. The molecule has 0 bridgehead atoms. The molecule has 1 aliphatic carbocycles. The van der Waals surface area contributed by atoms with Gasteiger partial charge in [-0.25, -0.2) is 0 Å². The van der Waals surface area contributed by atoms with Gasteiger partial charge < -0.3 is 15.0 Å². The Labute approximate surface area is 160 Å². The molecule has 1 unspecified atom stereocenters. The Hall–Kier alpha value is -2.01. The second-order valence-corrected chi connectivity index (χ2v) is 8.25. The standard InChI is InChI=1S/C22H28N2O3/c25-14-18-6-3-11-24(18)22(27)21-19(9-10-23-21)20(26)13-15-7-8-16-4-1-2-5-17(16)12-15/h1-2,4-5,14-15,18-19,21,23H,3,6-13H2/t15-,18-,19?,21-/m0/s1. The molecule has 3 aliphatic rings. The Morgan fingerprint density at radius 1 is 1.15 bits per heavy atom. The lowest BCUT2D eigenvalue weighted by Crippen LogP contribution is -2.50. The van der Waals surface area contributed by atoms with Crippen LogP contribution in [0.1, 0.15) is 43.2 Å². The normalized spacial score (nSPS) is 30.1. The summed E-state index contributed by atoms with van der Waals surface area (Å²) in [6.45, 7) is 1.32. The number of amides is 1. The van der Waals surface area contributed by atoms with Crippen LogP contribution < -0.4 is 5.32 Å². The monoisotopic (exact) mass is 368 g/mol. The number of carbonyl (C=O) groups is 3. The molecule has 2 saturated heterocycles. The summed E-state index contributed by atoms with van der Waals surface area (Å²) in [6, 6.07) is 7.73. The fourth-order valence-electron chi connectivity index (χ4n) is 5.08. The third kappa shape index (κ3) is 3.70. The molecule has 0 spiro atoms. The van der Waals surface area contributed by atoms with Crippen LogP contribution in [0.15, 0.2) is 24.3 Å². The average Bonchev–Trinajstić information content (AvgIpc) is 3.36. The number of likely N-dealkylation sites (tertiary alicyclic amines) is 1. The minimum Gasteiger partial charge on any atom is -0.332 e. The molecular formula is C22H28N2O3. The molecule has 2 fully saturated rings. The van der Waals surface area contributed by atoms with Crippen molar-refractivity contribution in [1.29, 1.82) is 0 Å². The van der Waals surface area contributed by atoms with E-state index in [1.54, 1.807) is 4.90 Å². The molecule has 1 N–H and O–H groups in total. The number of nitrogens with one attached hydrogen (secondary N) is 1. The van der Waals surface area contributed by atoms with Crippen LogP contribution in [-0.4, -0.2) is 48.0 Å². The predicted octanol–water partition coefficient (Wildman–Crippen LogP) is 1.92. The Morgan fingerprint density at radius 3 is 2.78 bits per heavy atom. The van der Waals surface area contributed by atoms with Gasteiger partial charge in [0.1, 0.15) is 12.1 Å². The highest BCUT2D eigenvalue weighted by molar-refractivity contribution is 5.93. The summed E-state index contributed by atoms with van der Waals surface area (Å²) >= 11 is 0. The molecule has 0 radical (unpaired) electrons. The minimum absolute atomic E-state index is 0.0607. The highest BCUT2D eigenvalue weighted by Crippen LogP contribution is 2.31. The third-order valence-corrected chi connectivity index (χ3v) is 6.58. The number of nitrogens with zero attached hydrogens (tertiary/aromatic N) is 1. The fourth-order valence-corrected chi connectivity index (χ4v) is 5.08. The molecule has 4 rings (SSSR count). The number of carbonyl (C=O) groups excluding carboxylic acids is 3. The van der Waals surface area contributed by atoms with Crippen molar-refractivity contribution in [1.82, 2.24) is 10.2 Å². The van der Waals surface area contributed by atoms with E-state index in [1.165, 1.54) is 11.1 Å². The van der Waals surface area contributed by atoms with Crippen molar-refractivity contribution in [3.8, 4) is 0 Å². The Morgan fingerprint density at radius 2 is 1.96 bits per heavy atom. The number of hydrogen-bond donors (Lipinski definition) is 1. The third-order valence-electron chi connectivity index (χ3n) is 6.58. The summed E-state index contributed by atoms with van der Waals surface area (Å²) in [5.74, 6) is 0.278. The van der Waals surface area contributed by atoms with E-state index < -0.39 is 6.04 Å². The number of Topliss-reactive ketones (excluding diaryl/α,β-unsaturated/α-hetero) is 1. The van der Waals surface area contributed by atoms with E-state index in [2.05, 4.69) is 29.6 Å². The summed E-state index contributed by atoms with van der Waals surface area (Å²) in [5.41, 5.74) is 2.77. The average molecular weight is 368 g/mol. The van der Waals surface area contributed by atoms with Crippen LogP contribution in [0.4, 0.5) is 0 Å². The molecule has 5 nitrogen and oxygen atoms in total. The molecule has 1 aromatic carbocycles. The lowest BCUT2D eigenvalue weighted by molar-refractivity contribution is -0.139. The summed E-state index contributed by atoms with van der Waals surface area (Å²) in [7, 11) is 0. The zero-order chi connectivity index (χ0) is 18.8. The fraction of sp³-hybridized carbons (Fsp3) is 0.591. The maximum absolute atomic E-state index is 13.0. The number of rotatable bonds is 5. The molecule has 2 aliphatic heterocycles. The highest BCUT2D eigenvalue weighted by Gasteiger charge is 2.42. The first-order chi connectivity index (χ1) is 13.2. The van der Waals surface area contributed by atoms with Crippen molar-refractivity contribution in [3.05, 3.63) is 35.4 Å². The van der Waals surface area contributed by atoms with Crippen molar-refractivity contribution in [2.45, 2.75) is 57.0 Å². The van der Waals surface area contributed by atoms with Crippen LogP contribution in [0.25, 0.3) is 0 Å². The zero-order valence-corrected chi connectivity index (χ0v) is 15.7. The maximum atomic E-state index is 13.0. The molecule has 27 heavy (non-hydrogen) atoms. The molecule has 4 atom stereocenters. The molecular weight excluding hydrogens is 340 g/mol. The van der Waals surface area contributed by atoms with Crippen LogP contribution in [0.3, 0.4) is 0 Å². The van der Waals surface area contributed by atoms with E-state index in [-0.39, 0.29) is 23.7 Å². The van der Waals surface area contributed by atoms with E-state index in [9.17, 15) is 14.4 Å². The van der Waals surface area contributed by atoms with Crippen LogP contribution in [0.5, 0.6) is 0 Å². The van der Waals surface area contributed by atoms with Gasteiger partial charge in [-0.05, 0) is 62.1 Å². The van der Waals surface area contributed by atoms with Crippen molar-refractivity contribution in [2.75, 3.05) is 13.1 Å². The number of hydrogen-bond acceptors (Lipinski definition) is 4. The minimum atomic E-state index is -0.450. The quantitative estimate of drug-likeness (QED) is 0.807. The highest BCUT2D eigenvalue weighted by atomic mass is 16.2.